The van der Waals surface area contributed by atoms with Gasteiger partial charge in [-0.1, -0.05) is 27.6 Å². The van der Waals surface area contributed by atoms with Crippen molar-refractivity contribution in [2.75, 3.05) is 50.7 Å². The molecular formula is C66H74ClN27O4. The summed E-state index contributed by atoms with van der Waals surface area (Å²) >= 11 is 5.79. The van der Waals surface area contributed by atoms with Gasteiger partial charge in [-0.15, -0.1) is 0 Å². The van der Waals surface area contributed by atoms with E-state index < -0.39 is 24.0 Å². The molecule has 3 atom stereocenters. The number of primary amides is 1. The van der Waals surface area contributed by atoms with Gasteiger partial charge in [-0.25, -0.2) is 49.7 Å². The van der Waals surface area contributed by atoms with Gasteiger partial charge in [0.1, 0.15) is 47.7 Å². The molecule has 3 fully saturated rings. The highest BCUT2D eigenvalue weighted by atomic mass is 35.5. The van der Waals surface area contributed by atoms with Crippen molar-refractivity contribution < 1.29 is 22.2 Å². The number of nitrogens with two attached hydrogens (primary N) is 2. The lowest BCUT2D eigenvalue weighted by Gasteiger charge is -2.25. The predicted molar refractivity (Wildman–Crippen MR) is 368 cm³/mol. The Labute approximate surface area is 573 Å². The lowest BCUT2D eigenvalue weighted by Crippen LogP contribution is -2.41. The summed E-state index contributed by atoms with van der Waals surface area (Å²) in [4.78, 5) is 80.3. The largest absolute Gasteiger partial charge is 0.480 e. The van der Waals surface area contributed by atoms with Crippen molar-refractivity contribution in [2.45, 2.75) is 90.7 Å². The first kappa shape index (κ1) is 68.6. The molecule has 504 valence electrons. The van der Waals surface area contributed by atoms with Gasteiger partial charge >= 0.3 is 5.97 Å². The number of carboxylic acids is 1. The molecule has 0 spiro atoms. The van der Waals surface area contributed by atoms with Crippen molar-refractivity contribution in [1.29, 1.82) is 15.8 Å². The summed E-state index contributed by atoms with van der Waals surface area (Å²) < 4.78 is 19.1. The van der Waals surface area contributed by atoms with Crippen molar-refractivity contribution in [1.82, 2.24) is 84.0 Å². The van der Waals surface area contributed by atoms with Crippen LogP contribution in [-0.2, 0) is 49.0 Å². The minimum atomic E-state index is -0.904. The van der Waals surface area contributed by atoms with Crippen LogP contribution >= 0.6 is 11.6 Å². The fraction of sp³-hybridized carbons (Fsp3) is 0.318. The second-order valence-corrected chi connectivity index (χ2v) is 22.2. The molecule has 0 unspecified atom stereocenters. The minimum Gasteiger partial charge on any atom is -0.480 e. The molecule has 32 heteroatoms. The van der Waals surface area contributed by atoms with Crippen LogP contribution < -0.4 is 36.8 Å². The zero-order valence-electron chi connectivity index (χ0n) is 56.8. The Hall–Kier alpha value is -12.3. The fourth-order valence-electron chi connectivity index (χ4n) is 10.9. The molecule has 7 N–H and O–H groups in total. The van der Waals surface area contributed by atoms with Crippen molar-refractivity contribution >= 4 is 75.7 Å². The maximum Gasteiger partial charge on any atom is 0.326 e. The predicted octanol–water partition coefficient (Wildman–Crippen LogP) is 7.91. The van der Waals surface area contributed by atoms with E-state index in [0.717, 1.165) is 42.6 Å². The zero-order valence-corrected chi connectivity index (χ0v) is 55.5. The average molecular weight is 1350 g/mol. The number of Topliss-reactive ketones (excluding diaryl/α,β-unsaturated/α-hetero) is 1. The molecule has 0 radical (unpaired) electrons. The number of nitrogens with one attached hydrogen (secondary N) is 2. The maximum absolute atomic E-state index is 13.1. The summed E-state index contributed by atoms with van der Waals surface area (Å²) in [5.74, 6) is 0.996. The molecule has 0 aliphatic carbocycles. The van der Waals surface area contributed by atoms with Gasteiger partial charge in [-0.3, -0.25) is 28.3 Å². The molecule has 0 aromatic carbocycles. The number of anilines is 8. The number of carboxylic acid groups (broad SMARTS) is 1. The third-order valence-corrected chi connectivity index (χ3v) is 15.3. The Morgan fingerprint density at radius 3 is 1.35 bits per heavy atom. The van der Waals surface area contributed by atoms with Gasteiger partial charge < -0.3 is 41.9 Å². The fourth-order valence-corrected chi connectivity index (χ4v) is 11.0. The van der Waals surface area contributed by atoms with E-state index in [1.807, 2.05) is 45.5 Å². The van der Waals surface area contributed by atoms with Crippen LogP contribution in [0.4, 0.5) is 46.4 Å². The van der Waals surface area contributed by atoms with E-state index in [1.54, 1.807) is 147 Å². The Morgan fingerprint density at radius 1 is 0.571 bits per heavy atom. The van der Waals surface area contributed by atoms with Gasteiger partial charge in [0.2, 0.25) is 23.1 Å². The number of ketones is 1. The summed E-state index contributed by atoms with van der Waals surface area (Å²) in [6.07, 6.45) is 28.3. The number of hydrogen-bond acceptors (Lipinski definition) is 25. The number of nitrogen functional groups attached to an aromatic ring is 1. The molecule has 3 aliphatic heterocycles. The number of rotatable bonds is 15. The Balaban J connectivity index is 0.000000177. The summed E-state index contributed by atoms with van der Waals surface area (Å²) in [6.45, 7) is 6.47. The molecule has 98 heavy (non-hydrogen) atoms. The van der Waals surface area contributed by atoms with E-state index in [-0.39, 0.29) is 17.1 Å². The Morgan fingerprint density at radius 2 is 0.969 bits per heavy atom. The summed E-state index contributed by atoms with van der Waals surface area (Å²) in [5.41, 5.74) is 18.7. The first-order valence-electron chi connectivity index (χ1n) is 32.2. The van der Waals surface area contributed by atoms with E-state index in [2.05, 4.69) is 94.1 Å². The van der Waals surface area contributed by atoms with Crippen molar-refractivity contribution in [2.24, 2.45) is 33.9 Å². The first-order chi connectivity index (χ1) is 48.3. The minimum absolute atomic E-state index is 0.104. The number of halogens is 1. The molecule has 3 saturated heterocycles. The molecule has 13 rings (SSSR count). The molecule has 0 bridgehead atoms. The number of amides is 1. The van der Waals surface area contributed by atoms with Gasteiger partial charge in [-0.2, -0.15) is 36.2 Å². The Kier molecular flexibility index (Phi) is 23.9. The van der Waals surface area contributed by atoms with Crippen LogP contribution in [0.2, 0.25) is 5.28 Å². The third-order valence-electron chi connectivity index (χ3n) is 15.1. The van der Waals surface area contributed by atoms with E-state index in [0.29, 0.717) is 138 Å². The number of carbonyl (C=O) groups excluding carboxylic acids is 2. The van der Waals surface area contributed by atoms with Crippen molar-refractivity contribution in [3.63, 3.8) is 0 Å². The van der Waals surface area contributed by atoms with Crippen LogP contribution in [-0.4, -0.2) is 145 Å². The van der Waals surface area contributed by atoms with Crippen molar-refractivity contribution in [3.05, 3.63) is 151 Å². The standard InChI is InChI=1S/C24H24N10O.C19H18N8O2.C15H13ClN6O.C4H7N3.2C2H6/c1-32-14-16(11-28-32)8-22(35)21-4-3-7-34(21)23-17(10-25)9-18(12-27-23)20-5-6-26-24(31-20)30-19-13-29-33(2)15-19;1-26-11-14(10-23-26)24-19-21-5-4-15(25-19)13-7-12(8-20)17(22-9-13)27-6-2-3-16(27)18(28)29;16-15-19-4-3-11(21-15)10-6-9(7-17)14(20-8-10)22-5-1-2-12(22)13(18)23;1-7-3-4(5)2-6-7;2*1-2/h5-6,9,11-15,21H,3-4,7-8H2,1-2H3,(H,26,30,31);4-5,7,9-11,16H,2-3,6H2,1H3,(H,28,29)(H,21,24,25);3-4,6,8,12H,1-2,5H2,(H2,18,23);2-3H,5H2,1H3;2*1-2H3/t21-;16-;12-;;;/m111.../s1/i;;;;2*1D. The number of aryl methyl sites for hydroxylation is 4. The van der Waals surface area contributed by atoms with Crippen LogP contribution in [0, 0.1) is 34.0 Å². The molecule has 1 amide bonds. The number of carbonyl (C=O) groups is 3. The van der Waals surface area contributed by atoms with E-state index in [1.165, 1.54) is 6.20 Å². The lowest BCUT2D eigenvalue weighted by atomic mass is 10.0. The smallest absolute Gasteiger partial charge is 0.326 e. The maximum atomic E-state index is 13.1. The SMILES string of the molecule is Cn1cc(CC(=O)[C@H]2CCCN2c2ncc(-c3ccnc(Nc4cnn(C)c4)n3)cc2C#N)cn1.Cn1cc(N)cn1.Cn1cc(Nc2nccc(-c3cnc(N4CCC[C@@H]4C(=O)O)c(C#N)c3)n2)cn1.N#Cc1cc(-c2ccnc(Cl)n2)cnc1N1CCC[C@@H]1C(N)=O.[2H]CC.[2H]CC. The molecule has 0 saturated carbocycles. The monoisotopic (exact) mass is 1350 g/mol. The molecule has 31 nitrogen and oxygen atoms in total. The lowest BCUT2D eigenvalue weighted by molar-refractivity contribution is -0.138. The topological polar surface area (TPSA) is 416 Å². The molecule has 3 aliphatic rings. The highest BCUT2D eigenvalue weighted by molar-refractivity contribution is 6.28. The zero-order chi connectivity index (χ0) is 71.8. The Bertz CT molecular complexity index is 4540. The molecule has 10 aromatic heterocycles. The van der Waals surface area contributed by atoms with Gasteiger partial charge in [0.25, 0.3) is 0 Å². The van der Waals surface area contributed by atoms with Gasteiger partial charge in [0.15, 0.2) is 5.78 Å². The summed E-state index contributed by atoms with van der Waals surface area (Å²) in [6, 6.07) is 15.4. The second kappa shape index (κ2) is 34.2. The van der Waals surface area contributed by atoms with Crippen LogP contribution in [0.5, 0.6) is 0 Å². The van der Waals surface area contributed by atoms with E-state index in [4.69, 9.17) is 25.8 Å². The quantitative estimate of drug-likeness (QED) is 0.0608. The number of nitrogens with zero attached hydrogens (tertiary/aromatic N) is 23. The average Bonchev–Trinajstić information content (AvgIpc) is 1.48. The number of nitriles is 3. The third kappa shape index (κ3) is 18.3. The number of pyridine rings is 3. The van der Waals surface area contributed by atoms with Crippen LogP contribution in [0.1, 0.15) is 91.2 Å². The summed E-state index contributed by atoms with van der Waals surface area (Å²) in [5, 5.41) is 60.8. The first-order valence-corrected chi connectivity index (χ1v) is 31.2. The van der Waals surface area contributed by atoms with Gasteiger partial charge in [0.05, 0.1) is 81.7 Å². The van der Waals surface area contributed by atoms with Crippen LogP contribution in [0.3, 0.4) is 0 Å². The van der Waals surface area contributed by atoms with Crippen LogP contribution in [0.25, 0.3) is 33.8 Å². The van der Waals surface area contributed by atoms with Crippen LogP contribution in [0.15, 0.2) is 123 Å². The highest BCUT2D eigenvalue weighted by Crippen LogP contribution is 2.34. The number of aromatic nitrogens is 17. The summed E-state index contributed by atoms with van der Waals surface area (Å²) in [7, 11) is 7.30. The van der Waals surface area contributed by atoms with Crippen molar-refractivity contribution in [3.8, 4) is 52.0 Å². The normalized spacial score (nSPS) is 15.2. The highest BCUT2D eigenvalue weighted by Gasteiger charge is 2.35. The van der Waals surface area contributed by atoms with E-state index >= 15 is 0 Å². The molecule has 10 aromatic rings. The number of hydrogen-bond donors (Lipinski definition) is 5. The number of aliphatic carboxylic acids is 1. The molecule has 13 heterocycles. The van der Waals surface area contributed by atoms with E-state index in [9.17, 15) is 35.3 Å². The van der Waals surface area contributed by atoms with Gasteiger partial charge in [0, 0.05) is 136 Å². The second-order valence-electron chi connectivity index (χ2n) is 21.8. The van der Waals surface area contributed by atoms with Gasteiger partial charge in [-0.05, 0) is 92.1 Å². The molecular weight excluding hydrogens is 1270 g/mol.